The zero-order chi connectivity index (χ0) is 17.3. The van der Waals surface area contributed by atoms with E-state index < -0.39 is 17.3 Å². The number of nitrogens with two attached hydrogens (primary N) is 1. The first-order valence-electron chi connectivity index (χ1n) is 7.85. The number of likely N-dealkylation sites (tertiary alicyclic amines) is 1. The summed E-state index contributed by atoms with van der Waals surface area (Å²) < 4.78 is 38.3. The fourth-order valence-corrected chi connectivity index (χ4v) is 3.24. The summed E-state index contributed by atoms with van der Waals surface area (Å²) in [6.45, 7) is 4.98. The lowest BCUT2D eigenvalue weighted by Gasteiger charge is -2.48. The van der Waals surface area contributed by atoms with Crippen molar-refractivity contribution in [3.63, 3.8) is 0 Å². The SMILES string of the molecule is CC1CCCN(C(=O)Cc2cccc(C(F)(F)F)c2)[C@@]1(C)CN.Cl. The molecule has 1 heterocycles. The van der Waals surface area contributed by atoms with Crippen molar-refractivity contribution >= 4 is 18.3 Å². The van der Waals surface area contributed by atoms with E-state index in [4.69, 9.17) is 5.73 Å². The monoisotopic (exact) mass is 364 g/mol. The van der Waals surface area contributed by atoms with Gasteiger partial charge in [0.2, 0.25) is 5.91 Å². The van der Waals surface area contributed by atoms with Crippen molar-refractivity contribution < 1.29 is 18.0 Å². The van der Waals surface area contributed by atoms with Gasteiger partial charge in [-0.05, 0) is 37.3 Å². The Morgan fingerprint density at radius 3 is 2.67 bits per heavy atom. The van der Waals surface area contributed by atoms with Gasteiger partial charge in [-0.1, -0.05) is 25.1 Å². The molecule has 7 heteroatoms. The third-order valence-electron chi connectivity index (χ3n) is 5.02. The summed E-state index contributed by atoms with van der Waals surface area (Å²) in [5.41, 5.74) is 5.11. The summed E-state index contributed by atoms with van der Waals surface area (Å²) in [5, 5.41) is 0. The Morgan fingerprint density at radius 1 is 1.42 bits per heavy atom. The Bertz CT molecular complexity index is 579. The summed E-state index contributed by atoms with van der Waals surface area (Å²) in [5.74, 6) is 0.107. The fraction of sp³-hybridized carbons (Fsp3) is 0.588. The van der Waals surface area contributed by atoms with E-state index in [0.717, 1.165) is 25.0 Å². The summed E-state index contributed by atoms with van der Waals surface area (Å²) in [7, 11) is 0. The molecule has 1 unspecified atom stereocenters. The topological polar surface area (TPSA) is 46.3 Å². The van der Waals surface area contributed by atoms with Crippen molar-refractivity contribution in [2.45, 2.75) is 44.8 Å². The number of carbonyl (C=O) groups excluding carboxylic acids is 1. The van der Waals surface area contributed by atoms with Crippen LogP contribution >= 0.6 is 12.4 Å². The first-order valence-corrected chi connectivity index (χ1v) is 7.85. The third-order valence-corrected chi connectivity index (χ3v) is 5.02. The molecule has 136 valence electrons. The lowest BCUT2D eigenvalue weighted by atomic mass is 9.78. The van der Waals surface area contributed by atoms with Crippen LogP contribution in [0.5, 0.6) is 0 Å². The molecule has 0 saturated carbocycles. The number of alkyl halides is 3. The molecule has 3 nitrogen and oxygen atoms in total. The number of benzene rings is 1. The number of nitrogens with zero attached hydrogens (tertiary/aromatic N) is 1. The third kappa shape index (κ3) is 4.22. The summed E-state index contributed by atoms with van der Waals surface area (Å²) in [6, 6.07) is 4.96. The van der Waals surface area contributed by atoms with E-state index in [-0.39, 0.29) is 30.7 Å². The Balaban J connectivity index is 0.00000288. The lowest BCUT2D eigenvalue weighted by molar-refractivity contribution is -0.141. The van der Waals surface area contributed by atoms with Gasteiger partial charge in [-0.25, -0.2) is 0 Å². The van der Waals surface area contributed by atoms with E-state index in [9.17, 15) is 18.0 Å². The van der Waals surface area contributed by atoms with E-state index >= 15 is 0 Å². The Kier molecular flexibility index (Phi) is 6.70. The van der Waals surface area contributed by atoms with E-state index in [0.29, 0.717) is 18.7 Å². The molecule has 0 aliphatic carbocycles. The molecule has 2 N–H and O–H groups in total. The van der Waals surface area contributed by atoms with Crippen molar-refractivity contribution in [3.8, 4) is 0 Å². The molecule has 1 aromatic carbocycles. The molecule has 0 bridgehead atoms. The van der Waals surface area contributed by atoms with Crippen LogP contribution < -0.4 is 5.73 Å². The van der Waals surface area contributed by atoms with Gasteiger partial charge in [0.1, 0.15) is 0 Å². The molecule has 24 heavy (non-hydrogen) atoms. The number of piperidine rings is 1. The van der Waals surface area contributed by atoms with Gasteiger partial charge in [-0.15, -0.1) is 12.4 Å². The van der Waals surface area contributed by atoms with Crippen LogP contribution in [0.15, 0.2) is 24.3 Å². The molecule has 0 aromatic heterocycles. The fourth-order valence-electron chi connectivity index (χ4n) is 3.24. The minimum absolute atomic E-state index is 0. The second kappa shape index (κ2) is 7.74. The van der Waals surface area contributed by atoms with Crippen LogP contribution in [0.3, 0.4) is 0 Å². The van der Waals surface area contributed by atoms with Gasteiger partial charge in [0.25, 0.3) is 0 Å². The molecule has 1 aromatic rings. The van der Waals surface area contributed by atoms with Gasteiger partial charge in [0, 0.05) is 13.1 Å². The molecule has 1 aliphatic heterocycles. The highest BCUT2D eigenvalue weighted by Gasteiger charge is 2.41. The lowest BCUT2D eigenvalue weighted by Crippen LogP contribution is -2.61. The number of carbonyl (C=O) groups is 1. The highest BCUT2D eigenvalue weighted by atomic mass is 35.5. The maximum atomic E-state index is 12.8. The number of rotatable bonds is 3. The molecule has 0 spiro atoms. The van der Waals surface area contributed by atoms with Crippen molar-refractivity contribution in [2.24, 2.45) is 11.7 Å². The molecular weight excluding hydrogens is 341 g/mol. The second-order valence-corrected chi connectivity index (χ2v) is 6.52. The van der Waals surface area contributed by atoms with Gasteiger partial charge in [-0.3, -0.25) is 4.79 Å². The predicted molar refractivity (Wildman–Crippen MR) is 90.0 cm³/mol. The Labute approximate surface area is 146 Å². The van der Waals surface area contributed by atoms with Crippen LogP contribution in [0, 0.1) is 5.92 Å². The molecule has 2 atom stereocenters. The van der Waals surface area contributed by atoms with Crippen molar-refractivity contribution in [3.05, 3.63) is 35.4 Å². The Morgan fingerprint density at radius 2 is 2.08 bits per heavy atom. The van der Waals surface area contributed by atoms with Gasteiger partial charge in [0.05, 0.1) is 17.5 Å². The van der Waals surface area contributed by atoms with E-state index in [2.05, 4.69) is 6.92 Å². The zero-order valence-electron chi connectivity index (χ0n) is 13.9. The van der Waals surface area contributed by atoms with Crippen molar-refractivity contribution in [1.29, 1.82) is 0 Å². The minimum Gasteiger partial charge on any atom is -0.335 e. The maximum absolute atomic E-state index is 12.8. The molecular formula is C17H24ClF3N2O. The molecule has 1 fully saturated rings. The minimum atomic E-state index is -4.40. The zero-order valence-corrected chi connectivity index (χ0v) is 14.7. The first kappa shape index (κ1) is 20.8. The van der Waals surface area contributed by atoms with Crippen LogP contribution in [-0.2, 0) is 17.4 Å². The number of hydrogen-bond donors (Lipinski definition) is 1. The highest BCUT2D eigenvalue weighted by molar-refractivity contribution is 5.85. The van der Waals surface area contributed by atoms with E-state index in [1.807, 2.05) is 6.92 Å². The van der Waals surface area contributed by atoms with Crippen molar-refractivity contribution in [2.75, 3.05) is 13.1 Å². The summed E-state index contributed by atoms with van der Waals surface area (Å²) >= 11 is 0. The van der Waals surface area contributed by atoms with E-state index in [1.54, 1.807) is 11.0 Å². The first-order chi connectivity index (χ1) is 10.7. The van der Waals surface area contributed by atoms with Gasteiger partial charge in [-0.2, -0.15) is 13.2 Å². The normalized spacial score (nSPS) is 24.4. The van der Waals surface area contributed by atoms with Gasteiger partial charge < -0.3 is 10.6 Å². The summed E-state index contributed by atoms with van der Waals surface area (Å²) in [4.78, 5) is 14.4. The van der Waals surface area contributed by atoms with E-state index in [1.165, 1.54) is 6.07 Å². The smallest absolute Gasteiger partial charge is 0.335 e. The van der Waals surface area contributed by atoms with Crippen LogP contribution in [-0.4, -0.2) is 29.4 Å². The molecule has 2 rings (SSSR count). The molecule has 0 radical (unpaired) electrons. The van der Waals surface area contributed by atoms with Crippen molar-refractivity contribution in [1.82, 2.24) is 4.90 Å². The standard InChI is InChI=1S/C17H23F3N2O.ClH/c1-12-5-4-8-22(16(12,2)11-21)15(23)10-13-6-3-7-14(9-13)17(18,19)20;/h3,6-7,9,12H,4-5,8,10-11,21H2,1-2H3;1H/t12?,16-;/m0./s1. The van der Waals surface area contributed by atoms with Crippen LogP contribution in [0.4, 0.5) is 13.2 Å². The van der Waals surface area contributed by atoms with Crippen LogP contribution in [0.1, 0.15) is 37.8 Å². The molecule has 1 saturated heterocycles. The van der Waals surface area contributed by atoms with Gasteiger partial charge >= 0.3 is 6.18 Å². The van der Waals surface area contributed by atoms with Crippen LogP contribution in [0.25, 0.3) is 0 Å². The Hall–Kier alpha value is -1.27. The van der Waals surface area contributed by atoms with Crippen LogP contribution in [0.2, 0.25) is 0 Å². The quantitative estimate of drug-likeness (QED) is 0.890. The largest absolute Gasteiger partial charge is 0.416 e. The molecule has 1 amide bonds. The average molecular weight is 365 g/mol. The van der Waals surface area contributed by atoms with Gasteiger partial charge in [0.15, 0.2) is 0 Å². The maximum Gasteiger partial charge on any atom is 0.416 e. The second-order valence-electron chi connectivity index (χ2n) is 6.52. The highest BCUT2D eigenvalue weighted by Crippen LogP contribution is 2.33. The number of amides is 1. The predicted octanol–water partition coefficient (Wildman–Crippen LogP) is 3.65. The summed E-state index contributed by atoms with van der Waals surface area (Å²) in [6.07, 6.45) is -2.54. The average Bonchev–Trinajstić information content (AvgIpc) is 2.49. The number of halogens is 4. The molecule has 1 aliphatic rings. The number of hydrogen-bond acceptors (Lipinski definition) is 2.